The molecule has 0 aromatic heterocycles. The monoisotopic (exact) mass is 251 g/mol. The SMILES string of the molecule is C#CCNCC(=O)N1CCC(CNC(C)=O)CC1. The highest BCUT2D eigenvalue weighted by Gasteiger charge is 2.22. The highest BCUT2D eigenvalue weighted by atomic mass is 16.2. The predicted octanol–water partition coefficient (Wildman–Crippen LogP) is -0.416. The topological polar surface area (TPSA) is 61.4 Å². The number of hydrogen-bond donors (Lipinski definition) is 2. The lowest BCUT2D eigenvalue weighted by Crippen LogP contribution is -2.44. The van der Waals surface area contributed by atoms with Gasteiger partial charge in [-0.3, -0.25) is 14.9 Å². The van der Waals surface area contributed by atoms with E-state index in [1.165, 1.54) is 6.92 Å². The highest BCUT2D eigenvalue weighted by Crippen LogP contribution is 2.16. The first-order chi connectivity index (χ1) is 8.63. The smallest absolute Gasteiger partial charge is 0.236 e. The lowest BCUT2D eigenvalue weighted by atomic mass is 9.97. The average molecular weight is 251 g/mol. The molecule has 2 N–H and O–H groups in total. The van der Waals surface area contributed by atoms with Gasteiger partial charge in [-0.05, 0) is 18.8 Å². The third kappa shape index (κ3) is 5.19. The highest BCUT2D eigenvalue weighted by molar-refractivity contribution is 5.78. The third-order valence-electron chi connectivity index (χ3n) is 3.11. The van der Waals surface area contributed by atoms with Crippen molar-refractivity contribution in [3.05, 3.63) is 0 Å². The number of piperidine rings is 1. The van der Waals surface area contributed by atoms with Crippen molar-refractivity contribution in [1.82, 2.24) is 15.5 Å². The van der Waals surface area contributed by atoms with Crippen molar-refractivity contribution < 1.29 is 9.59 Å². The Kier molecular flexibility index (Phi) is 6.23. The zero-order valence-corrected chi connectivity index (χ0v) is 10.9. The van der Waals surface area contributed by atoms with E-state index in [9.17, 15) is 9.59 Å². The standard InChI is InChI=1S/C13H21N3O2/c1-3-6-14-10-13(18)16-7-4-12(5-8-16)9-15-11(2)17/h1,12,14H,4-10H2,2H3,(H,15,17). The summed E-state index contributed by atoms with van der Waals surface area (Å²) < 4.78 is 0. The van der Waals surface area contributed by atoms with Gasteiger partial charge >= 0.3 is 0 Å². The molecule has 5 heteroatoms. The molecular formula is C13H21N3O2. The zero-order valence-electron chi connectivity index (χ0n) is 10.9. The molecule has 18 heavy (non-hydrogen) atoms. The van der Waals surface area contributed by atoms with E-state index in [4.69, 9.17) is 6.42 Å². The van der Waals surface area contributed by atoms with Crippen LogP contribution in [0.2, 0.25) is 0 Å². The van der Waals surface area contributed by atoms with Crippen molar-refractivity contribution >= 4 is 11.8 Å². The average Bonchev–Trinajstić information content (AvgIpc) is 2.37. The number of nitrogens with one attached hydrogen (secondary N) is 2. The van der Waals surface area contributed by atoms with E-state index < -0.39 is 0 Å². The number of terminal acetylenes is 1. The molecule has 0 spiro atoms. The first kappa shape index (κ1) is 14.5. The van der Waals surface area contributed by atoms with Crippen molar-refractivity contribution in [2.24, 2.45) is 5.92 Å². The maximum absolute atomic E-state index is 11.8. The second-order valence-electron chi connectivity index (χ2n) is 4.57. The summed E-state index contributed by atoms with van der Waals surface area (Å²) in [7, 11) is 0. The van der Waals surface area contributed by atoms with Crippen LogP contribution in [-0.2, 0) is 9.59 Å². The lowest BCUT2D eigenvalue weighted by Gasteiger charge is -2.32. The molecule has 100 valence electrons. The fourth-order valence-corrected chi connectivity index (χ4v) is 2.03. The number of hydrogen-bond acceptors (Lipinski definition) is 3. The fourth-order valence-electron chi connectivity index (χ4n) is 2.03. The van der Waals surface area contributed by atoms with E-state index in [1.54, 1.807) is 0 Å². The zero-order chi connectivity index (χ0) is 13.4. The van der Waals surface area contributed by atoms with Gasteiger partial charge in [-0.15, -0.1) is 6.42 Å². The Labute approximate surface area is 108 Å². The number of carbonyl (C=O) groups is 2. The van der Waals surface area contributed by atoms with Crippen LogP contribution in [0, 0.1) is 18.3 Å². The molecule has 0 aromatic carbocycles. The molecule has 5 nitrogen and oxygen atoms in total. The minimum atomic E-state index is 0.00647. The largest absolute Gasteiger partial charge is 0.356 e. The van der Waals surface area contributed by atoms with Crippen LogP contribution in [0.15, 0.2) is 0 Å². The third-order valence-corrected chi connectivity index (χ3v) is 3.11. The molecular weight excluding hydrogens is 230 g/mol. The Bertz CT molecular complexity index is 328. The van der Waals surface area contributed by atoms with Crippen molar-refractivity contribution in [1.29, 1.82) is 0 Å². The van der Waals surface area contributed by atoms with Crippen molar-refractivity contribution in [3.8, 4) is 12.3 Å². The first-order valence-corrected chi connectivity index (χ1v) is 6.30. The van der Waals surface area contributed by atoms with Crippen LogP contribution in [0.25, 0.3) is 0 Å². The maximum atomic E-state index is 11.8. The minimum Gasteiger partial charge on any atom is -0.356 e. The van der Waals surface area contributed by atoms with E-state index in [-0.39, 0.29) is 11.8 Å². The summed E-state index contributed by atoms with van der Waals surface area (Å²) in [6.07, 6.45) is 6.99. The summed E-state index contributed by atoms with van der Waals surface area (Å²) in [5, 5.41) is 5.72. The summed E-state index contributed by atoms with van der Waals surface area (Å²) in [6.45, 7) is 4.50. The van der Waals surface area contributed by atoms with Crippen LogP contribution in [0.4, 0.5) is 0 Å². The van der Waals surface area contributed by atoms with Crippen LogP contribution < -0.4 is 10.6 Å². The molecule has 0 unspecified atom stereocenters. The van der Waals surface area contributed by atoms with Gasteiger partial charge in [0.25, 0.3) is 0 Å². The minimum absolute atomic E-state index is 0.00647. The van der Waals surface area contributed by atoms with E-state index in [0.29, 0.717) is 25.6 Å². The summed E-state index contributed by atoms with van der Waals surface area (Å²) in [6, 6.07) is 0. The van der Waals surface area contributed by atoms with Crippen LogP contribution in [0.1, 0.15) is 19.8 Å². The van der Waals surface area contributed by atoms with Crippen LogP contribution in [0.3, 0.4) is 0 Å². The van der Waals surface area contributed by atoms with Crippen LogP contribution >= 0.6 is 0 Å². The normalized spacial score (nSPS) is 16.1. The molecule has 1 saturated heterocycles. The Morgan fingerprint density at radius 3 is 2.61 bits per heavy atom. The van der Waals surface area contributed by atoms with Gasteiger partial charge in [-0.2, -0.15) is 0 Å². The van der Waals surface area contributed by atoms with Gasteiger partial charge in [0.05, 0.1) is 13.1 Å². The molecule has 1 heterocycles. The Hall–Kier alpha value is -1.54. The second-order valence-corrected chi connectivity index (χ2v) is 4.57. The van der Waals surface area contributed by atoms with Gasteiger partial charge in [0.1, 0.15) is 0 Å². The number of amides is 2. The quantitative estimate of drug-likeness (QED) is 0.515. The van der Waals surface area contributed by atoms with Gasteiger partial charge in [-0.1, -0.05) is 5.92 Å². The predicted molar refractivity (Wildman–Crippen MR) is 69.7 cm³/mol. The van der Waals surface area contributed by atoms with Crippen molar-refractivity contribution in [3.63, 3.8) is 0 Å². The molecule has 0 bridgehead atoms. The molecule has 2 amide bonds. The van der Waals surface area contributed by atoms with E-state index in [2.05, 4.69) is 16.6 Å². The molecule has 0 aliphatic carbocycles. The lowest BCUT2D eigenvalue weighted by molar-refractivity contribution is -0.131. The number of likely N-dealkylation sites (tertiary alicyclic amines) is 1. The van der Waals surface area contributed by atoms with Crippen molar-refractivity contribution in [2.75, 3.05) is 32.7 Å². The summed E-state index contributed by atoms with van der Waals surface area (Å²) in [5.41, 5.74) is 0. The molecule has 0 saturated carbocycles. The van der Waals surface area contributed by atoms with Crippen LogP contribution in [-0.4, -0.2) is 49.4 Å². The van der Waals surface area contributed by atoms with Gasteiger partial charge in [0.15, 0.2) is 0 Å². The molecule has 0 aromatic rings. The first-order valence-electron chi connectivity index (χ1n) is 6.30. The summed E-state index contributed by atoms with van der Waals surface area (Å²) >= 11 is 0. The molecule has 1 fully saturated rings. The Morgan fingerprint density at radius 1 is 1.39 bits per heavy atom. The number of nitrogens with zero attached hydrogens (tertiary/aromatic N) is 1. The number of carbonyl (C=O) groups excluding carboxylic acids is 2. The number of rotatable bonds is 5. The molecule has 0 atom stereocenters. The van der Waals surface area contributed by atoms with E-state index in [0.717, 1.165) is 25.9 Å². The second kappa shape index (κ2) is 7.72. The molecule has 0 radical (unpaired) electrons. The van der Waals surface area contributed by atoms with Crippen molar-refractivity contribution in [2.45, 2.75) is 19.8 Å². The molecule has 1 rings (SSSR count). The summed E-state index contributed by atoms with van der Waals surface area (Å²) in [4.78, 5) is 24.4. The molecule has 1 aliphatic heterocycles. The molecule has 1 aliphatic rings. The summed E-state index contributed by atoms with van der Waals surface area (Å²) in [5.74, 6) is 3.03. The van der Waals surface area contributed by atoms with Gasteiger partial charge in [0, 0.05) is 26.6 Å². The Balaban J connectivity index is 2.20. The van der Waals surface area contributed by atoms with E-state index in [1.807, 2.05) is 4.90 Å². The fraction of sp³-hybridized carbons (Fsp3) is 0.692. The van der Waals surface area contributed by atoms with Gasteiger partial charge < -0.3 is 10.2 Å². The van der Waals surface area contributed by atoms with Gasteiger partial charge in [0.2, 0.25) is 11.8 Å². The maximum Gasteiger partial charge on any atom is 0.236 e. The van der Waals surface area contributed by atoms with Crippen LogP contribution in [0.5, 0.6) is 0 Å². The van der Waals surface area contributed by atoms with Gasteiger partial charge in [-0.25, -0.2) is 0 Å². The van der Waals surface area contributed by atoms with E-state index >= 15 is 0 Å². The Morgan fingerprint density at radius 2 is 2.06 bits per heavy atom.